The lowest BCUT2D eigenvalue weighted by Crippen LogP contribution is -2.41. The predicted octanol–water partition coefficient (Wildman–Crippen LogP) is 3.52. The fourth-order valence-electron chi connectivity index (χ4n) is 3.47. The highest BCUT2D eigenvalue weighted by atomic mass is 35.5. The third kappa shape index (κ3) is 3.76. The van der Waals surface area contributed by atoms with Gasteiger partial charge in [0.15, 0.2) is 0 Å². The van der Waals surface area contributed by atoms with Gasteiger partial charge in [-0.3, -0.25) is 4.90 Å². The third-order valence-electron chi connectivity index (χ3n) is 4.83. The molecule has 1 unspecified atom stereocenters. The third-order valence-corrected chi connectivity index (χ3v) is 5.20. The maximum absolute atomic E-state index is 14.2. The zero-order valence-electron chi connectivity index (χ0n) is 16.9. The molecule has 0 fully saturated rings. The van der Waals surface area contributed by atoms with E-state index in [0.717, 1.165) is 25.2 Å². The standard InChI is InChI=1S/C22H16ClF2N3O4/c1-31-21(29)17-16(11-6-4-3-5-7-11)13(10-26)20(27)28(19(17)22(30)32-2)15-9-12(24)8-14(25)18(15)23/h3-9,16H,27H2,1-2H3. The summed E-state index contributed by atoms with van der Waals surface area (Å²) < 4.78 is 38.0. The van der Waals surface area contributed by atoms with Gasteiger partial charge in [-0.25, -0.2) is 18.4 Å². The molecule has 0 radical (unpaired) electrons. The van der Waals surface area contributed by atoms with Crippen molar-refractivity contribution >= 4 is 29.2 Å². The minimum absolute atomic E-state index is 0.162. The minimum atomic E-state index is -1.14. The van der Waals surface area contributed by atoms with Crippen molar-refractivity contribution in [1.29, 1.82) is 5.26 Å². The predicted molar refractivity (Wildman–Crippen MR) is 111 cm³/mol. The fraction of sp³-hybridized carbons (Fsp3) is 0.136. The van der Waals surface area contributed by atoms with Gasteiger partial charge in [-0.05, 0) is 11.6 Å². The summed E-state index contributed by atoms with van der Waals surface area (Å²) in [6, 6.07) is 11.6. The maximum Gasteiger partial charge on any atom is 0.355 e. The largest absolute Gasteiger partial charge is 0.466 e. The molecule has 7 nitrogen and oxygen atoms in total. The number of anilines is 1. The number of nitriles is 1. The molecule has 0 aromatic heterocycles. The lowest BCUT2D eigenvalue weighted by atomic mass is 9.81. The molecule has 0 aliphatic carbocycles. The van der Waals surface area contributed by atoms with Gasteiger partial charge in [0.2, 0.25) is 0 Å². The van der Waals surface area contributed by atoms with Crippen molar-refractivity contribution in [2.24, 2.45) is 5.73 Å². The maximum atomic E-state index is 14.2. The van der Waals surface area contributed by atoms with Crippen LogP contribution in [0.5, 0.6) is 0 Å². The highest BCUT2D eigenvalue weighted by Gasteiger charge is 2.43. The van der Waals surface area contributed by atoms with Crippen LogP contribution in [0.4, 0.5) is 14.5 Å². The summed E-state index contributed by atoms with van der Waals surface area (Å²) in [5, 5.41) is 9.32. The van der Waals surface area contributed by atoms with Gasteiger partial charge in [0.05, 0.1) is 43.0 Å². The second-order valence-corrected chi connectivity index (χ2v) is 6.93. The van der Waals surface area contributed by atoms with E-state index in [9.17, 15) is 23.6 Å². The van der Waals surface area contributed by atoms with Gasteiger partial charge in [-0.15, -0.1) is 0 Å². The van der Waals surface area contributed by atoms with Crippen LogP contribution >= 0.6 is 11.6 Å². The van der Waals surface area contributed by atoms with Crippen molar-refractivity contribution in [3.8, 4) is 6.07 Å². The van der Waals surface area contributed by atoms with Crippen LogP contribution in [0.2, 0.25) is 5.02 Å². The number of nitrogens with zero attached hydrogens (tertiary/aromatic N) is 2. The fourth-order valence-corrected chi connectivity index (χ4v) is 3.66. The second-order valence-electron chi connectivity index (χ2n) is 6.56. The summed E-state index contributed by atoms with van der Waals surface area (Å²) in [4.78, 5) is 26.6. The van der Waals surface area contributed by atoms with E-state index in [2.05, 4.69) is 0 Å². The molecule has 164 valence electrons. The van der Waals surface area contributed by atoms with Gasteiger partial charge in [0, 0.05) is 6.07 Å². The van der Waals surface area contributed by atoms with Crippen LogP contribution in [0.1, 0.15) is 11.5 Å². The van der Waals surface area contributed by atoms with Crippen molar-refractivity contribution in [2.75, 3.05) is 19.1 Å². The van der Waals surface area contributed by atoms with Gasteiger partial charge < -0.3 is 15.2 Å². The molecule has 32 heavy (non-hydrogen) atoms. The summed E-state index contributed by atoms with van der Waals surface area (Å²) in [5.74, 6) is -5.67. The number of esters is 2. The lowest BCUT2D eigenvalue weighted by Gasteiger charge is -2.36. The highest BCUT2D eigenvalue weighted by Crippen LogP contribution is 2.45. The summed E-state index contributed by atoms with van der Waals surface area (Å²) >= 11 is 6.05. The monoisotopic (exact) mass is 459 g/mol. The quantitative estimate of drug-likeness (QED) is 0.550. The number of rotatable bonds is 4. The molecule has 10 heteroatoms. The zero-order valence-corrected chi connectivity index (χ0v) is 17.6. The van der Waals surface area contributed by atoms with Gasteiger partial charge >= 0.3 is 11.9 Å². The second kappa shape index (κ2) is 9.08. The number of benzene rings is 2. The molecule has 0 saturated heterocycles. The molecule has 2 N–H and O–H groups in total. The van der Waals surface area contributed by atoms with Crippen molar-refractivity contribution < 1.29 is 27.8 Å². The van der Waals surface area contributed by atoms with Crippen LogP contribution in [0.25, 0.3) is 0 Å². The van der Waals surface area contributed by atoms with E-state index >= 15 is 0 Å². The van der Waals surface area contributed by atoms with Crippen LogP contribution in [-0.4, -0.2) is 26.2 Å². The van der Waals surface area contributed by atoms with Gasteiger partial charge in [-0.2, -0.15) is 5.26 Å². The number of carbonyl (C=O) groups excluding carboxylic acids is 2. The topological polar surface area (TPSA) is 106 Å². The van der Waals surface area contributed by atoms with Crippen LogP contribution < -0.4 is 10.6 Å². The smallest absolute Gasteiger partial charge is 0.355 e. The molecule has 2 aromatic rings. The average Bonchev–Trinajstić information content (AvgIpc) is 2.80. The number of carbonyl (C=O) groups is 2. The Hall–Kier alpha value is -3.90. The molecule has 1 heterocycles. The Balaban J connectivity index is 2.47. The SMILES string of the molecule is COC(=O)C1=C(C(=O)OC)N(c2cc(F)cc(F)c2Cl)C(N)=C(C#N)C1c1ccccc1. The number of halogens is 3. The average molecular weight is 460 g/mol. The Morgan fingerprint density at radius 3 is 2.31 bits per heavy atom. The van der Waals surface area contributed by atoms with Gasteiger partial charge in [-0.1, -0.05) is 41.9 Å². The molecule has 1 aliphatic rings. The summed E-state index contributed by atoms with van der Waals surface area (Å²) in [7, 11) is 2.13. The Morgan fingerprint density at radius 2 is 1.75 bits per heavy atom. The van der Waals surface area contributed by atoms with E-state index in [1.165, 1.54) is 0 Å². The van der Waals surface area contributed by atoms with Gasteiger partial charge in [0.25, 0.3) is 0 Å². The molecule has 0 spiro atoms. The first-order valence-electron chi connectivity index (χ1n) is 9.06. The van der Waals surface area contributed by atoms with Crippen LogP contribution in [0.15, 0.2) is 65.1 Å². The summed E-state index contributed by atoms with van der Waals surface area (Å²) in [6.45, 7) is 0. The van der Waals surface area contributed by atoms with E-state index in [-0.39, 0.29) is 17.0 Å². The van der Waals surface area contributed by atoms with Crippen LogP contribution in [0, 0.1) is 23.0 Å². The summed E-state index contributed by atoms with van der Waals surface area (Å²) in [5.41, 5.74) is 5.32. The summed E-state index contributed by atoms with van der Waals surface area (Å²) in [6.07, 6.45) is 0. The van der Waals surface area contributed by atoms with E-state index in [4.69, 9.17) is 26.8 Å². The molecule has 3 rings (SSSR count). The molecule has 1 atom stereocenters. The van der Waals surface area contributed by atoms with E-state index in [1.54, 1.807) is 30.3 Å². The number of hydrogen-bond donors (Lipinski definition) is 1. The molecule has 0 amide bonds. The Bertz CT molecular complexity index is 1210. The molecule has 1 aliphatic heterocycles. The van der Waals surface area contributed by atoms with Crippen LogP contribution in [-0.2, 0) is 19.1 Å². The molecule has 2 aromatic carbocycles. The first-order chi connectivity index (χ1) is 15.3. The van der Waals surface area contributed by atoms with Crippen molar-refractivity contribution in [3.63, 3.8) is 0 Å². The number of nitrogens with two attached hydrogens (primary N) is 1. The molecule has 0 bridgehead atoms. The number of allylic oxidation sites excluding steroid dienone is 1. The zero-order chi connectivity index (χ0) is 23.6. The van der Waals surface area contributed by atoms with E-state index in [0.29, 0.717) is 11.6 Å². The number of methoxy groups -OCH3 is 2. The minimum Gasteiger partial charge on any atom is -0.466 e. The first-order valence-corrected chi connectivity index (χ1v) is 9.44. The Labute approximate surface area is 186 Å². The van der Waals surface area contributed by atoms with Crippen molar-refractivity contribution in [3.05, 3.63) is 87.3 Å². The highest BCUT2D eigenvalue weighted by molar-refractivity contribution is 6.33. The number of ether oxygens (including phenoxy) is 2. The van der Waals surface area contributed by atoms with Crippen molar-refractivity contribution in [1.82, 2.24) is 0 Å². The van der Waals surface area contributed by atoms with Crippen molar-refractivity contribution in [2.45, 2.75) is 5.92 Å². The van der Waals surface area contributed by atoms with Crippen LogP contribution in [0.3, 0.4) is 0 Å². The first kappa shape index (κ1) is 22.8. The normalized spacial score (nSPS) is 16.0. The Kier molecular flexibility index (Phi) is 6.46. The lowest BCUT2D eigenvalue weighted by molar-refractivity contribution is -0.139. The molecular formula is C22H16ClF2N3O4. The Morgan fingerprint density at radius 1 is 1.12 bits per heavy atom. The van der Waals surface area contributed by atoms with E-state index < -0.39 is 45.9 Å². The molecular weight excluding hydrogens is 444 g/mol. The van der Waals surface area contributed by atoms with E-state index in [1.807, 2.05) is 6.07 Å². The number of hydrogen-bond acceptors (Lipinski definition) is 7. The van der Waals surface area contributed by atoms with Gasteiger partial charge in [0.1, 0.15) is 28.2 Å². The molecule has 0 saturated carbocycles.